The van der Waals surface area contributed by atoms with Crippen LogP contribution in [0.3, 0.4) is 0 Å². The highest BCUT2D eigenvalue weighted by Gasteiger charge is 2.37. The zero-order chi connectivity index (χ0) is 17.2. The van der Waals surface area contributed by atoms with Crippen molar-refractivity contribution in [1.29, 1.82) is 0 Å². The van der Waals surface area contributed by atoms with E-state index < -0.39 is 5.54 Å². The second-order valence-electron chi connectivity index (χ2n) is 7.33. The lowest BCUT2D eigenvalue weighted by molar-refractivity contribution is -0.138. The fourth-order valence-corrected chi connectivity index (χ4v) is 4.23. The van der Waals surface area contributed by atoms with E-state index >= 15 is 0 Å². The molecule has 2 saturated heterocycles. The lowest BCUT2D eigenvalue weighted by Crippen LogP contribution is -2.55. The molecule has 0 aliphatic carbocycles. The fourth-order valence-electron chi connectivity index (χ4n) is 3.97. The third kappa shape index (κ3) is 5.35. The lowest BCUT2D eigenvalue weighted by atomic mass is 9.90. The van der Waals surface area contributed by atoms with Gasteiger partial charge < -0.3 is 15.5 Å². The molecular weight excluding hydrogens is 437 g/mol. The Balaban J connectivity index is 0.00000169. The van der Waals surface area contributed by atoms with E-state index in [2.05, 4.69) is 20.8 Å². The molecule has 2 aliphatic rings. The van der Waals surface area contributed by atoms with E-state index in [-0.39, 0.29) is 30.7 Å². The molecule has 2 aliphatic heterocycles. The zero-order valence-corrected chi connectivity index (χ0v) is 18.5. The van der Waals surface area contributed by atoms with Crippen molar-refractivity contribution < 1.29 is 4.79 Å². The highest BCUT2D eigenvalue weighted by atomic mass is 79.9. The first-order valence-electron chi connectivity index (χ1n) is 9.07. The smallest absolute Gasteiger partial charge is 0.246 e. The summed E-state index contributed by atoms with van der Waals surface area (Å²) in [4.78, 5) is 17.6. The minimum Gasteiger partial charge on any atom is -0.341 e. The van der Waals surface area contributed by atoms with Crippen molar-refractivity contribution >= 4 is 46.7 Å². The topological polar surface area (TPSA) is 49.6 Å². The summed E-state index contributed by atoms with van der Waals surface area (Å²) in [5.41, 5.74) is 6.33. The fraction of sp³-hybridized carbons (Fsp3) is 0.632. The van der Waals surface area contributed by atoms with Crippen LogP contribution in [0.25, 0.3) is 0 Å². The van der Waals surface area contributed by atoms with Gasteiger partial charge in [-0.3, -0.25) is 4.79 Å². The van der Waals surface area contributed by atoms with Crippen molar-refractivity contribution in [2.75, 3.05) is 26.2 Å². The van der Waals surface area contributed by atoms with Gasteiger partial charge in [0.1, 0.15) is 5.54 Å². The van der Waals surface area contributed by atoms with Crippen molar-refractivity contribution in [2.24, 2.45) is 5.73 Å². The molecule has 0 bridgehead atoms. The van der Waals surface area contributed by atoms with Crippen molar-refractivity contribution in [2.45, 2.75) is 50.6 Å². The zero-order valence-electron chi connectivity index (χ0n) is 15.3. The molecular formula is C19H30BrCl2N3O. The van der Waals surface area contributed by atoms with Crippen molar-refractivity contribution in [3.8, 4) is 0 Å². The van der Waals surface area contributed by atoms with Gasteiger partial charge in [-0.05, 0) is 63.4 Å². The first kappa shape index (κ1) is 23.7. The monoisotopic (exact) mass is 465 g/mol. The van der Waals surface area contributed by atoms with Gasteiger partial charge in [0.15, 0.2) is 0 Å². The number of halogens is 3. The molecule has 0 aromatic heterocycles. The maximum absolute atomic E-state index is 13.0. The van der Waals surface area contributed by atoms with Crippen molar-refractivity contribution in [3.05, 3.63) is 34.3 Å². The predicted octanol–water partition coefficient (Wildman–Crippen LogP) is 3.94. The van der Waals surface area contributed by atoms with Crippen LogP contribution in [0.4, 0.5) is 0 Å². The molecule has 1 atom stereocenters. The summed E-state index contributed by atoms with van der Waals surface area (Å²) >= 11 is 3.43. The molecule has 1 aromatic carbocycles. The van der Waals surface area contributed by atoms with Crippen molar-refractivity contribution in [1.82, 2.24) is 9.80 Å². The normalized spacial score (nSPS) is 21.3. The van der Waals surface area contributed by atoms with Crippen molar-refractivity contribution in [3.63, 3.8) is 0 Å². The second-order valence-corrected chi connectivity index (χ2v) is 8.24. The maximum Gasteiger partial charge on any atom is 0.246 e. The van der Waals surface area contributed by atoms with E-state index in [1.165, 1.54) is 32.4 Å². The number of carbonyl (C=O) groups is 1. The number of piperidine rings is 2. The summed E-state index contributed by atoms with van der Waals surface area (Å²) in [6.45, 7) is 5.93. The molecule has 4 nitrogen and oxygen atoms in total. The molecule has 2 fully saturated rings. The Labute approximate surface area is 177 Å². The Hall–Kier alpha value is -0.330. The number of amides is 1. The molecule has 2 N–H and O–H groups in total. The van der Waals surface area contributed by atoms with E-state index in [1.807, 2.05) is 36.1 Å². The van der Waals surface area contributed by atoms with Gasteiger partial charge in [0, 0.05) is 23.6 Å². The average Bonchev–Trinajstić information content (AvgIpc) is 2.62. The van der Waals surface area contributed by atoms with Gasteiger partial charge in [0.25, 0.3) is 0 Å². The van der Waals surface area contributed by atoms with Gasteiger partial charge in [-0.2, -0.15) is 0 Å². The van der Waals surface area contributed by atoms with E-state index in [0.29, 0.717) is 6.04 Å². The number of benzene rings is 1. The molecule has 1 unspecified atom stereocenters. The minimum absolute atomic E-state index is 0. The third-order valence-corrected chi connectivity index (χ3v) is 6.08. The SMILES string of the molecule is CC(N)(C(=O)N1CCC(N2CCCCC2)CC1)c1ccc(Br)cc1.Cl.Cl. The van der Waals surface area contributed by atoms with Gasteiger partial charge in [-0.25, -0.2) is 0 Å². The molecule has 7 heteroatoms. The Morgan fingerprint density at radius 2 is 1.58 bits per heavy atom. The number of likely N-dealkylation sites (tertiary alicyclic amines) is 2. The predicted molar refractivity (Wildman–Crippen MR) is 115 cm³/mol. The molecule has 0 spiro atoms. The molecule has 0 saturated carbocycles. The summed E-state index contributed by atoms with van der Waals surface area (Å²) in [7, 11) is 0. The first-order chi connectivity index (χ1) is 11.5. The van der Waals surface area contributed by atoms with Crippen LogP contribution in [0.15, 0.2) is 28.7 Å². The summed E-state index contributed by atoms with van der Waals surface area (Å²) in [6.07, 6.45) is 6.16. The van der Waals surface area contributed by atoms with E-state index in [4.69, 9.17) is 5.73 Å². The Morgan fingerprint density at radius 1 is 1.04 bits per heavy atom. The van der Waals surface area contributed by atoms with Crippen LogP contribution in [0.2, 0.25) is 0 Å². The van der Waals surface area contributed by atoms with Crippen LogP contribution in [0.5, 0.6) is 0 Å². The quantitative estimate of drug-likeness (QED) is 0.733. The number of hydrogen-bond acceptors (Lipinski definition) is 3. The number of carbonyl (C=O) groups excluding carboxylic acids is 1. The van der Waals surface area contributed by atoms with Crippen LogP contribution in [0.1, 0.15) is 44.6 Å². The number of nitrogens with zero attached hydrogens (tertiary/aromatic N) is 2. The van der Waals surface area contributed by atoms with Crippen LogP contribution in [-0.4, -0.2) is 47.9 Å². The summed E-state index contributed by atoms with van der Waals surface area (Å²) in [5, 5.41) is 0. The lowest BCUT2D eigenvalue weighted by Gasteiger charge is -2.42. The molecule has 1 amide bonds. The molecule has 3 rings (SSSR count). The molecule has 0 radical (unpaired) electrons. The Bertz CT molecular complexity index is 569. The number of nitrogens with two attached hydrogens (primary N) is 1. The molecule has 2 heterocycles. The van der Waals surface area contributed by atoms with Crippen LogP contribution in [-0.2, 0) is 10.3 Å². The Kier molecular flexibility index (Phi) is 9.37. The highest BCUT2D eigenvalue weighted by Crippen LogP contribution is 2.26. The average molecular weight is 467 g/mol. The molecule has 1 aromatic rings. The molecule has 148 valence electrons. The summed E-state index contributed by atoms with van der Waals surface area (Å²) < 4.78 is 0.997. The van der Waals surface area contributed by atoms with Gasteiger partial charge in [-0.1, -0.05) is 34.5 Å². The van der Waals surface area contributed by atoms with E-state index in [9.17, 15) is 4.79 Å². The first-order valence-corrected chi connectivity index (χ1v) is 9.86. The second kappa shape index (κ2) is 10.3. The summed E-state index contributed by atoms with van der Waals surface area (Å²) in [6, 6.07) is 8.39. The minimum atomic E-state index is -0.960. The largest absolute Gasteiger partial charge is 0.341 e. The van der Waals surface area contributed by atoms with Crippen LogP contribution in [0, 0.1) is 0 Å². The molecule has 26 heavy (non-hydrogen) atoms. The van der Waals surface area contributed by atoms with E-state index in [0.717, 1.165) is 36.0 Å². The number of rotatable bonds is 3. The maximum atomic E-state index is 13.0. The van der Waals surface area contributed by atoms with E-state index in [1.54, 1.807) is 0 Å². The Morgan fingerprint density at radius 3 is 2.12 bits per heavy atom. The van der Waals surface area contributed by atoms with Gasteiger partial charge in [0.2, 0.25) is 5.91 Å². The standard InChI is InChI=1S/C19H28BrN3O.2ClH/c1-19(21,15-5-7-16(20)8-6-15)18(24)23-13-9-17(10-14-23)22-11-3-2-4-12-22;;/h5-8,17H,2-4,9-14,21H2,1H3;2*1H. The van der Waals surface area contributed by atoms with Gasteiger partial charge >= 0.3 is 0 Å². The summed E-state index contributed by atoms with van der Waals surface area (Å²) in [5.74, 6) is 0.0434. The van der Waals surface area contributed by atoms with Gasteiger partial charge in [-0.15, -0.1) is 24.8 Å². The van der Waals surface area contributed by atoms with Crippen LogP contribution < -0.4 is 5.73 Å². The third-order valence-electron chi connectivity index (χ3n) is 5.55. The highest BCUT2D eigenvalue weighted by molar-refractivity contribution is 9.10. The van der Waals surface area contributed by atoms with Crippen LogP contribution >= 0.6 is 40.7 Å². The van der Waals surface area contributed by atoms with Gasteiger partial charge in [0.05, 0.1) is 0 Å². The number of hydrogen-bond donors (Lipinski definition) is 1.